The van der Waals surface area contributed by atoms with Crippen molar-refractivity contribution in [3.63, 3.8) is 0 Å². The van der Waals surface area contributed by atoms with E-state index < -0.39 is 0 Å². The number of aromatic nitrogens is 1. The summed E-state index contributed by atoms with van der Waals surface area (Å²) in [5.41, 5.74) is 0.971. The third-order valence-electron chi connectivity index (χ3n) is 2.27. The third kappa shape index (κ3) is 3.05. The van der Waals surface area contributed by atoms with Crippen LogP contribution in [0.15, 0.2) is 24.5 Å². The van der Waals surface area contributed by atoms with Crippen molar-refractivity contribution in [2.75, 3.05) is 6.61 Å². The molecule has 0 fully saturated rings. The Hall–Kier alpha value is -1.38. The quantitative estimate of drug-likeness (QED) is 0.711. The fourth-order valence-corrected chi connectivity index (χ4v) is 1.60. The van der Waals surface area contributed by atoms with Crippen molar-refractivity contribution in [3.05, 3.63) is 30.1 Å². The average Bonchev–Trinajstić information content (AvgIpc) is 2.19. The molecule has 0 bridgehead atoms. The van der Waals surface area contributed by atoms with E-state index in [0.717, 1.165) is 5.56 Å². The van der Waals surface area contributed by atoms with Gasteiger partial charge in [0.05, 0.1) is 12.5 Å². The van der Waals surface area contributed by atoms with Crippen LogP contribution in [0.1, 0.15) is 32.3 Å². The van der Waals surface area contributed by atoms with Gasteiger partial charge in [-0.3, -0.25) is 9.78 Å². The molecule has 1 heterocycles. The fourth-order valence-electron chi connectivity index (χ4n) is 1.60. The lowest BCUT2D eigenvalue weighted by Gasteiger charge is -2.19. The number of nitrogens with zero attached hydrogens (tertiary/aromatic N) is 1. The fraction of sp³-hybridized carbons (Fsp3) is 0.500. The topological polar surface area (TPSA) is 39.2 Å². The molecule has 0 saturated heterocycles. The van der Waals surface area contributed by atoms with E-state index in [4.69, 9.17) is 4.74 Å². The van der Waals surface area contributed by atoms with Crippen LogP contribution in [0.25, 0.3) is 0 Å². The average molecular weight is 207 g/mol. The summed E-state index contributed by atoms with van der Waals surface area (Å²) in [6.45, 7) is 6.28. The van der Waals surface area contributed by atoms with E-state index >= 15 is 0 Å². The molecule has 0 amide bonds. The molecule has 3 heteroatoms. The van der Waals surface area contributed by atoms with Crippen molar-refractivity contribution >= 4 is 5.97 Å². The molecule has 0 spiro atoms. The van der Waals surface area contributed by atoms with Crippen LogP contribution < -0.4 is 0 Å². The predicted octanol–water partition coefficient (Wildman–Crippen LogP) is 2.38. The largest absolute Gasteiger partial charge is 0.466 e. The van der Waals surface area contributed by atoms with Crippen molar-refractivity contribution in [1.82, 2.24) is 4.98 Å². The molecule has 0 aliphatic heterocycles. The Labute approximate surface area is 90.5 Å². The molecule has 0 saturated carbocycles. The first-order valence-corrected chi connectivity index (χ1v) is 5.23. The maximum absolute atomic E-state index is 11.7. The molecule has 82 valence electrons. The van der Waals surface area contributed by atoms with Gasteiger partial charge >= 0.3 is 5.97 Å². The summed E-state index contributed by atoms with van der Waals surface area (Å²) in [4.78, 5) is 15.7. The first-order chi connectivity index (χ1) is 7.16. The summed E-state index contributed by atoms with van der Waals surface area (Å²) in [6, 6.07) is 3.73. The molecule has 0 N–H and O–H groups in total. The minimum absolute atomic E-state index is 0.154. The zero-order valence-corrected chi connectivity index (χ0v) is 9.43. The smallest absolute Gasteiger partial charge is 0.313 e. The zero-order valence-electron chi connectivity index (χ0n) is 9.43. The van der Waals surface area contributed by atoms with E-state index in [2.05, 4.69) is 4.98 Å². The van der Waals surface area contributed by atoms with E-state index in [-0.39, 0.29) is 17.8 Å². The number of ether oxygens (including phenoxy) is 1. The van der Waals surface area contributed by atoms with Crippen LogP contribution >= 0.6 is 0 Å². The first kappa shape index (κ1) is 11.7. The number of hydrogen-bond acceptors (Lipinski definition) is 3. The van der Waals surface area contributed by atoms with Gasteiger partial charge in [-0.25, -0.2) is 0 Å². The number of carbonyl (C=O) groups excluding carboxylic acids is 1. The molecule has 0 aromatic carbocycles. The molecule has 0 aliphatic carbocycles. The van der Waals surface area contributed by atoms with Crippen LogP contribution in [0.2, 0.25) is 0 Å². The Morgan fingerprint density at radius 2 is 2.00 bits per heavy atom. The Morgan fingerprint density at radius 3 is 2.47 bits per heavy atom. The van der Waals surface area contributed by atoms with Crippen LogP contribution in [0.5, 0.6) is 0 Å². The number of carbonyl (C=O) groups is 1. The molecule has 15 heavy (non-hydrogen) atoms. The standard InChI is InChI=1S/C12H17NO2/c1-4-15-12(14)11(9(2)3)10-5-7-13-8-6-10/h5-9,11H,4H2,1-3H3. The van der Waals surface area contributed by atoms with E-state index in [1.54, 1.807) is 12.4 Å². The van der Waals surface area contributed by atoms with Gasteiger partial charge in [0.1, 0.15) is 0 Å². The Balaban J connectivity index is 2.88. The highest BCUT2D eigenvalue weighted by atomic mass is 16.5. The van der Waals surface area contributed by atoms with Crippen LogP contribution in [0.3, 0.4) is 0 Å². The summed E-state index contributed by atoms with van der Waals surface area (Å²) in [6.07, 6.45) is 3.40. The van der Waals surface area contributed by atoms with Gasteiger partial charge in [-0.15, -0.1) is 0 Å². The molecule has 1 atom stereocenters. The van der Waals surface area contributed by atoms with Gasteiger partial charge in [0.25, 0.3) is 0 Å². The number of rotatable bonds is 4. The lowest BCUT2D eigenvalue weighted by molar-refractivity contribution is -0.146. The van der Waals surface area contributed by atoms with Crippen LogP contribution in [-0.4, -0.2) is 17.6 Å². The highest BCUT2D eigenvalue weighted by Crippen LogP contribution is 2.25. The Morgan fingerprint density at radius 1 is 1.40 bits per heavy atom. The molecule has 0 aliphatic rings. The minimum Gasteiger partial charge on any atom is -0.466 e. The molecular formula is C12H17NO2. The predicted molar refractivity (Wildman–Crippen MR) is 58.4 cm³/mol. The maximum atomic E-state index is 11.7. The van der Waals surface area contributed by atoms with Crippen LogP contribution in [0.4, 0.5) is 0 Å². The van der Waals surface area contributed by atoms with E-state index in [0.29, 0.717) is 6.61 Å². The van der Waals surface area contributed by atoms with Crippen molar-refractivity contribution in [2.24, 2.45) is 5.92 Å². The summed E-state index contributed by atoms with van der Waals surface area (Å²) in [5.74, 6) is -0.113. The van der Waals surface area contributed by atoms with Crippen LogP contribution in [-0.2, 0) is 9.53 Å². The second-order valence-corrected chi connectivity index (χ2v) is 3.75. The van der Waals surface area contributed by atoms with Crippen molar-refractivity contribution in [3.8, 4) is 0 Å². The van der Waals surface area contributed by atoms with Gasteiger partial charge in [0, 0.05) is 12.4 Å². The van der Waals surface area contributed by atoms with Gasteiger partial charge in [0.2, 0.25) is 0 Å². The first-order valence-electron chi connectivity index (χ1n) is 5.23. The number of pyridine rings is 1. The normalized spacial score (nSPS) is 12.5. The third-order valence-corrected chi connectivity index (χ3v) is 2.27. The van der Waals surface area contributed by atoms with Crippen molar-refractivity contribution < 1.29 is 9.53 Å². The molecule has 1 unspecified atom stereocenters. The molecule has 1 rings (SSSR count). The van der Waals surface area contributed by atoms with Gasteiger partial charge in [0.15, 0.2) is 0 Å². The molecular weight excluding hydrogens is 190 g/mol. The van der Waals surface area contributed by atoms with Crippen molar-refractivity contribution in [2.45, 2.75) is 26.7 Å². The van der Waals surface area contributed by atoms with Gasteiger partial charge < -0.3 is 4.74 Å². The molecule has 3 nitrogen and oxygen atoms in total. The highest BCUT2D eigenvalue weighted by Gasteiger charge is 2.25. The minimum atomic E-state index is -0.187. The summed E-state index contributed by atoms with van der Waals surface area (Å²) in [7, 11) is 0. The number of hydrogen-bond donors (Lipinski definition) is 0. The highest BCUT2D eigenvalue weighted by molar-refractivity contribution is 5.78. The summed E-state index contributed by atoms with van der Waals surface area (Å²) in [5, 5.41) is 0. The van der Waals surface area contributed by atoms with E-state index in [1.807, 2.05) is 32.9 Å². The van der Waals surface area contributed by atoms with Gasteiger partial charge in [-0.1, -0.05) is 13.8 Å². The SMILES string of the molecule is CCOC(=O)C(c1ccncc1)C(C)C. The molecule has 1 aromatic rings. The van der Waals surface area contributed by atoms with Crippen molar-refractivity contribution in [1.29, 1.82) is 0 Å². The summed E-state index contributed by atoms with van der Waals surface area (Å²) >= 11 is 0. The zero-order chi connectivity index (χ0) is 11.3. The van der Waals surface area contributed by atoms with E-state index in [1.165, 1.54) is 0 Å². The number of esters is 1. The second kappa shape index (κ2) is 5.49. The van der Waals surface area contributed by atoms with Gasteiger partial charge in [-0.2, -0.15) is 0 Å². The Kier molecular flexibility index (Phi) is 4.28. The Bertz CT molecular complexity index is 309. The summed E-state index contributed by atoms with van der Waals surface area (Å²) < 4.78 is 5.06. The monoisotopic (exact) mass is 207 g/mol. The van der Waals surface area contributed by atoms with E-state index in [9.17, 15) is 4.79 Å². The second-order valence-electron chi connectivity index (χ2n) is 3.75. The van der Waals surface area contributed by atoms with Crippen LogP contribution in [0, 0.1) is 5.92 Å². The molecule has 1 aromatic heterocycles. The van der Waals surface area contributed by atoms with Gasteiger partial charge in [-0.05, 0) is 30.5 Å². The maximum Gasteiger partial charge on any atom is 0.313 e. The molecule has 0 radical (unpaired) electrons. The lowest BCUT2D eigenvalue weighted by atomic mass is 9.89. The lowest BCUT2D eigenvalue weighted by Crippen LogP contribution is -2.20.